The summed E-state index contributed by atoms with van der Waals surface area (Å²) < 4.78 is 0. The summed E-state index contributed by atoms with van der Waals surface area (Å²) in [5.74, 6) is 2.82. The van der Waals surface area contributed by atoms with Crippen LogP contribution in [-0.4, -0.2) is 22.6 Å². The molecule has 1 aromatic heterocycles. The molecule has 0 amide bonds. The summed E-state index contributed by atoms with van der Waals surface area (Å²) in [6.07, 6.45) is 8.72. The highest BCUT2D eigenvalue weighted by atomic mass is 35.5. The molecule has 4 heteroatoms. The number of anilines is 1. The van der Waals surface area contributed by atoms with Gasteiger partial charge in [0.25, 0.3) is 0 Å². The van der Waals surface area contributed by atoms with Crippen molar-refractivity contribution in [2.24, 2.45) is 5.92 Å². The van der Waals surface area contributed by atoms with Crippen LogP contribution >= 0.6 is 11.6 Å². The Morgan fingerprint density at radius 1 is 1.26 bits per heavy atom. The molecular formula is C15H22ClN3. The molecule has 2 fully saturated rings. The number of fused-ring (bicyclic) bond motifs is 1. The number of hydrogen-bond acceptors (Lipinski definition) is 3. The average Bonchev–Trinajstić information content (AvgIpc) is 2.86. The van der Waals surface area contributed by atoms with Gasteiger partial charge in [-0.15, -0.1) is 0 Å². The smallest absolute Gasteiger partial charge is 0.134 e. The highest BCUT2D eigenvalue weighted by Crippen LogP contribution is 2.38. The van der Waals surface area contributed by atoms with Gasteiger partial charge in [-0.05, 0) is 38.0 Å². The van der Waals surface area contributed by atoms with Crippen LogP contribution in [0.25, 0.3) is 0 Å². The minimum atomic E-state index is 0.591. The molecule has 0 bridgehead atoms. The zero-order chi connectivity index (χ0) is 13.2. The second-order valence-corrected chi connectivity index (χ2v) is 6.20. The average molecular weight is 280 g/mol. The SMILES string of the molecule is CCCc1nc(Cl)cc(N2CCCC3CCCC32)n1. The Labute approximate surface area is 120 Å². The Balaban J connectivity index is 1.87. The molecule has 1 saturated heterocycles. The summed E-state index contributed by atoms with van der Waals surface area (Å²) in [5.41, 5.74) is 0. The van der Waals surface area contributed by atoms with Crippen LogP contribution < -0.4 is 4.90 Å². The van der Waals surface area contributed by atoms with Crippen LogP contribution in [0, 0.1) is 5.92 Å². The molecule has 2 heterocycles. The molecule has 2 aliphatic rings. The standard InChI is InChI=1S/C15H22ClN3/c1-2-5-14-17-13(16)10-15(18-14)19-9-4-7-11-6-3-8-12(11)19/h10-12H,2-9H2,1H3. The molecule has 2 atom stereocenters. The number of aryl methyl sites for hydroxylation is 1. The fraction of sp³-hybridized carbons (Fsp3) is 0.733. The first kappa shape index (κ1) is 13.2. The van der Waals surface area contributed by atoms with Crippen LogP contribution in [-0.2, 0) is 6.42 Å². The normalized spacial score (nSPS) is 26.5. The Hall–Kier alpha value is -0.830. The Morgan fingerprint density at radius 2 is 2.11 bits per heavy atom. The van der Waals surface area contributed by atoms with E-state index in [4.69, 9.17) is 16.6 Å². The zero-order valence-electron chi connectivity index (χ0n) is 11.6. The molecule has 3 nitrogen and oxygen atoms in total. The van der Waals surface area contributed by atoms with E-state index < -0.39 is 0 Å². The van der Waals surface area contributed by atoms with E-state index in [0.29, 0.717) is 11.2 Å². The largest absolute Gasteiger partial charge is 0.353 e. The summed E-state index contributed by atoms with van der Waals surface area (Å²) in [7, 11) is 0. The second kappa shape index (κ2) is 5.66. The minimum absolute atomic E-state index is 0.591. The van der Waals surface area contributed by atoms with Gasteiger partial charge in [-0.25, -0.2) is 9.97 Å². The van der Waals surface area contributed by atoms with E-state index in [1.165, 1.54) is 32.1 Å². The number of aromatic nitrogens is 2. The Kier molecular flexibility index (Phi) is 3.92. The van der Waals surface area contributed by atoms with Crippen molar-refractivity contribution < 1.29 is 0 Å². The van der Waals surface area contributed by atoms with E-state index in [2.05, 4.69) is 16.8 Å². The topological polar surface area (TPSA) is 29.0 Å². The van der Waals surface area contributed by atoms with Crippen molar-refractivity contribution in [3.05, 3.63) is 17.0 Å². The first-order valence-electron chi connectivity index (χ1n) is 7.58. The third-order valence-electron chi connectivity index (χ3n) is 4.49. The lowest BCUT2D eigenvalue weighted by Gasteiger charge is -2.38. The van der Waals surface area contributed by atoms with Gasteiger partial charge in [-0.2, -0.15) is 0 Å². The van der Waals surface area contributed by atoms with Crippen molar-refractivity contribution in [3.63, 3.8) is 0 Å². The highest BCUT2D eigenvalue weighted by Gasteiger charge is 2.35. The van der Waals surface area contributed by atoms with E-state index in [1.54, 1.807) is 0 Å². The van der Waals surface area contributed by atoms with Gasteiger partial charge in [-0.3, -0.25) is 0 Å². The minimum Gasteiger partial charge on any atom is -0.353 e. The fourth-order valence-corrected chi connectivity index (χ4v) is 3.87. The van der Waals surface area contributed by atoms with Crippen LogP contribution in [0.5, 0.6) is 0 Å². The summed E-state index contributed by atoms with van der Waals surface area (Å²) in [6.45, 7) is 3.28. The van der Waals surface area contributed by atoms with Crippen molar-refractivity contribution in [2.75, 3.05) is 11.4 Å². The fourth-order valence-electron chi connectivity index (χ4n) is 3.67. The zero-order valence-corrected chi connectivity index (χ0v) is 12.4. The van der Waals surface area contributed by atoms with Gasteiger partial charge in [0.05, 0.1) is 0 Å². The number of halogens is 1. The monoisotopic (exact) mass is 279 g/mol. The molecule has 19 heavy (non-hydrogen) atoms. The molecule has 1 aliphatic heterocycles. The van der Waals surface area contributed by atoms with Gasteiger partial charge < -0.3 is 4.90 Å². The van der Waals surface area contributed by atoms with Crippen LogP contribution in [0.3, 0.4) is 0 Å². The molecular weight excluding hydrogens is 258 g/mol. The first-order valence-corrected chi connectivity index (χ1v) is 7.96. The maximum Gasteiger partial charge on any atom is 0.134 e. The van der Waals surface area contributed by atoms with Crippen LogP contribution in [0.2, 0.25) is 5.15 Å². The Bertz CT molecular complexity index is 449. The molecule has 1 saturated carbocycles. The lowest BCUT2D eigenvalue weighted by Crippen LogP contribution is -2.43. The second-order valence-electron chi connectivity index (χ2n) is 5.81. The van der Waals surface area contributed by atoms with Crippen LogP contribution in [0.1, 0.15) is 51.3 Å². The third kappa shape index (κ3) is 2.71. The van der Waals surface area contributed by atoms with Gasteiger partial charge >= 0.3 is 0 Å². The van der Waals surface area contributed by atoms with E-state index in [-0.39, 0.29) is 0 Å². The molecule has 0 N–H and O–H groups in total. The lowest BCUT2D eigenvalue weighted by atomic mass is 9.92. The quantitative estimate of drug-likeness (QED) is 0.787. The predicted octanol–water partition coefficient (Wildman–Crippen LogP) is 3.85. The van der Waals surface area contributed by atoms with Crippen LogP contribution in [0.4, 0.5) is 5.82 Å². The molecule has 3 rings (SSSR count). The van der Waals surface area contributed by atoms with E-state index in [1.807, 2.05) is 6.07 Å². The van der Waals surface area contributed by atoms with E-state index >= 15 is 0 Å². The van der Waals surface area contributed by atoms with Crippen LogP contribution in [0.15, 0.2) is 6.07 Å². The molecule has 2 unspecified atom stereocenters. The first-order chi connectivity index (χ1) is 9.28. The van der Waals surface area contributed by atoms with Crippen molar-refractivity contribution in [1.82, 2.24) is 9.97 Å². The Morgan fingerprint density at radius 3 is 2.95 bits per heavy atom. The summed E-state index contributed by atoms with van der Waals surface area (Å²) in [4.78, 5) is 11.6. The maximum absolute atomic E-state index is 6.17. The molecule has 104 valence electrons. The third-order valence-corrected chi connectivity index (χ3v) is 4.68. The summed E-state index contributed by atoms with van der Waals surface area (Å²) in [5, 5.41) is 0.591. The predicted molar refractivity (Wildman–Crippen MR) is 78.7 cm³/mol. The summed E-state index contributed by atoms with van der Waals surface area (Å²) in [6, 6.07) is 2.63. The van der Waals surface area contributed by atoms with E-state index in [0.717, 1.165) is 36.9 Å². The van der Waals surface area contributed by atoms with Crippen molar-refractivity contribution in [1.29, 1.82) is 0 Å². The van der Waals surface area contributed by atoms with Crippen molar-refractivity contribution in [2.45, 2.75) is 57.9 Å². The summed E-state index contributed by atoms with van der Waals surface area (Å²) >= 11 is 6.17. The number of hydrogen-bond donors (Lipinski definition) is 0. The lowest BCUT2D eigenvalue weighted by molar-refractivity contribution is 0.360. The number of piperidine rings is 1. The van der Waals surface area contributed by atoms with E-state index in [9.17, 15) is 0 Å². The molecule has 0 aromatic carbocycles. The van der Waals surface area contributed by atoms with Crippen molar-refractivity contribution in [3.8, 4) is 0 Å². The van der Waals surface area contributed by atoms with Crippen molar-refractivity contribution >= 4 is 17.4 Å². The van der Waals surface area contributed by atoms with Gasteiger partial charge in [0.1, 0.15) is 16.8 Å². The molecule has 1 aliphatic carbocycles. The van der Waals surface area contributed by atoms with Gasteiger partial charge in [-0.1, -0.05) is 24.9 Å². The maximum atomic E-state index is 6.17. The molecule has 0 radical (unpaired) electrons. The number of rotatable bonds is 3. The highest BCUT2D eigenvalue weighted by molar-refractivity contribution is 6.29. The molecule has 1 aromatic rings. The van der Waals surface area contributed by atoms with Gasteiger partial charge in [0, 0.05) is 25.1 Å². The van der Waals surface area contributed by atoms with Gasteiger partial charge in [0.15, 0.2) is 0 Å². The van der Waals surface area contributed by atoms with Gasteiger partial charge in [0.2, 0.25) is 0 Å². The number of nitrogens with zero attached hydrogens (tertiary/aromatic N) is 3. The molecule has 0 spiro atoms.